The third kappa shape index (κ3) is 8.23. The molecule has 0 saturated carbocycles. The molecule has 0 aliphatic carbocycles. The van der Waals surface area contributed by atoms with Crippen LogP contribution in [0.25, 0.3) is 0 Å². The Kier molecular flexibility index (Phi) is 11.0. The summed E-state index contributed by atoms with van der Waals surface area (Å²) in [6.45, 7) is 6.84. The lowest BCUT2D eigenvalue weighted by Crippen LogP contribution is -2.39. The maximum absolute atomic E-state index is 5.79. The quantitative estimate of drug-likeness (QED) is 0.195. The minimum atomic E-state index is 0. The van der Waals surface area contributed by atoms with Crippen LogP contribution in [0.5, 0.6) is 5.75 Å². The van der Waals surface area contributed by atoms with Crippen LogP contribution in [0.4, 0.5) is 0 Å². The van der Waals surface area contributed by atoms with Crippen LogP contribution in [0.15, 0.2) is 47.6 Å². The average Bonchev–Trinajstić information content (AvgIpc) is 2.61. The Morgan fingerprint density at radius 2 is 2.00 bits per heavy atom. The fourth-order valence-electron chi connectivity index (χ4n) is 2.24. The highest BCUT2D eigenvalue weighted by atomic mass is 127. The smallest absolute Gasteiger partial charge is 0.191 e. The van der Waals surface area contributed by atoms with Crippen LogP contribution >= 0.6 is 35.6 Å². The summed E-state index contributed by atoms with van der Waals surface area (Å²) in [7, 11) is 0. The van der Waals surface area contributed by atoms with Gasteiger partial charge in [-0.3, -0.25) is 4.99 Å². The van der Waals surface area contributed by atoms with Crippen molar-refractivity contribution in [1.29, 1.82) is 0 Å². The first-order valence-corrected chi connectivity index (χ1v) is 8.88. The van der Waals surface area contributed by atoms with E-state index in [4.69, 9.17) is 16.3 Å². The summed E-state index contributed by atoms with van der Waals surface area (Å²) in [6, 6.07) is 11.8. The fourth-order valence-corrected chi connectivity index (χ4v) is 2.35. The molecule has 2 N–H and O–H groups in total. The van der Waals surface area contributed by atoms with E-state index in [0.29, 0.717) is 24.8 Å². The van der Waals surface area contributed by atoms with Gasteiger partial charge in [0.15, 0.2) is 5.96 Å². The largest absolute Gasteiger partial charge is 0.491 e. The van der Waals surface area contributed by atoms with Crippen molar-refractivity contribution < 1.29 is 4.74 Å². The van der Waals surface area contributed by atoms with E-state index < -0.39 is 0 Å². The zero-order valence-corrected chi connectivity index (χ0v) is 18.3. The van der Waals surface area contributed by atoms with Gasteiger partial charge >= 0.3 is 0 Å². The number of halogens is 2. The number of nitrogens with one attached hydrogen (secondary N) is 2. The van der Waals surface area contributed by atoms with Gasteiger partial charge in [0.25, 0.3) is 0 Å². The summed E-state index contributed by atoms with van der Waals surface area (Å²) in [4.78, 5) is 8.65. The molecule has 1 aromatic carbocycles. The first-order valence-electron chi connectivity index (χ1n) is 8.50. The Morgan fingerprint density at radius 1 is 1.19 bits per heavy atom. The molecule has 0 aliphatic rings. The molecule has 0 aliphatic heterocycles. The molecule has 0 radical (unpaired) electrons. The van der Waals surface area contributed by atoms with E-state index in [0.717, 1.165) is 35.8 Å². The molecule has 0 spiro atoms. The van der Waals surface area contributed by atoms with Gasteiger partial charge in [0, 0.05) is 19.3 Å². The summed E-state index contributed by atoms with van der Waals surface area (Å²) in [5.41, 5.74) is 2.26. The predicted octanol–water partition coefficient (Wildman–Crippen LogP) is 3.84. The van der Waals surface area contributed by atoms with E-state index in [1.807, 2.05) is 44.2 Å². The van der Waals surface area contributed by atoms with Gasteiger partial charge in [-0.15, -0.1) is 24.0 Å². The highest BCUT2D eigenvalue weighted by Crippen LogP contribution is 2.15. The van der Waals surface area contributed by atoms with E-state index in [2.05, 4.69) is 20.6 Å². The van der Waals surface area contributed by atoms with Crippen molar-refractivity contribution in [2.45, 2.75) is 20.3 Å². The van der Waals surface area contributed by atoms with Crippen LogP contribution in [0.3, 0.4) is 0 Å². The van der Waals surface area contributed by atoms with Gasteiger partial charge < -0.3 is 15.4 Å². The number of benzene rings is 1. The van der Waals surface area contributed by atoms with Gasteiger partial charge in [0.05, 0.1) is 6.54 Å². The monoisotopic (exact) mass is 488 g/mol. The molecule has 0 saturated heterocycles. The van der Waals surface area contributed by atoms with Crippen molar-refractivity contribution in [3.8, 4) is 5.75 Å². The Labute approximate surface area is 177 Å². The lowest BCUT2D eigenvalue weighted by Gasteiger charge is -2.13. The molecule has 5 nitrogen and oxygen atoms in total. The second-order valence-corrected chi connectivity index (χ2v) is 5.93. The zero-order chi connectivity index (χ0) is 17.9. The maximum Gasteiger partial charge on any atom is 0.191 e. The molecular formula is C19H26ClIN4O. The maximum atomic E-state index is 5.79. The SMILES string of the molecule is CCNC(=NCCc1ccc(Cl)nc1)NCCOc1ccccc1C.I. The number of hydrogen-bond donors (Lipinski definition) is 2. The zero-order valence-electron chi connectivity index (χ0n) is 15.2. The molecule has 0 atom stereocenters. The van der Waals surface area contributed by atoms with Crippen LogP contribution in [0.2, 0.25) is 5.15 Å². The van der Waals surface area contributed by atoms with E-state index >= 15 is 0 Å². The van der Waals surface area contributed by atoms with Gasteiger partial charge in [-0.05, 0) is 43.5 Å². The molecule has 2 aromatic rings. The molecule has 0 amide bonds. The fraction of sp³-hybridized carbons (Fsp3) is 0.368. The predicted molar refractivity (Wildman–Crippen MR) is 119 cm³/mol. The highest BCUT2D eigenvalue weighted by molar-refractivity contribution is 14.0. The standard InChI is InChI=1S/C19H25ClN4O.HI/c1-3-21-19(22-11-10-16-8-9-18(20)24-14-16)23-12-13-25-17-7-5-4-6-15(17)2;/h4-9,14H,3,10-13H2,1-2H3,(H2,21,22,23);1H. The van der Waals surface area contributed by atoms with Crippen molar-refractivity contribution in [2.24, 2.45) is 4.99 Å². The van der Waals surface area contributed by atoms with E-state index in [9.17, 15) is 0 Å². The summed E-state index contributed by atoms with van der Waals surface area (Å²) in [5.74, 6) is 1.71. The Hall–Kier alpha value is -1.54. The van der Waals surface area contributed by atoms with Gasteiger partial charge in [-0.25, -0.2) is 4.98 Å². The van der Waals surface area contributed by atoms with Crippen molar-refractivity contribution in [2.75, 3.05) is 26.2 Å². The number of aromatic nitrogens is 1. The van der Waals surface area contributed by atoms with Crippen molar-refractivity contribution in [3.05, 3.63) is 58.9 Å². The molecule has 2 rings (SSSR count). The van der Waals surface area contributed by atoms with Gasteiger partial charge in [-0.1, -0.05) is 35.9 Å². The number of hydrogen-bond acceptors (Lipinski definition) is 3. The number of ether oxygens (including phenoxy) is 1. The topological polar surface area (TPSA) is 58.5 Å². The molecule has 0 bridgehead atoms. The number of rotatable bonds is 8. The Balaban J connectivity index is 0.00000338. The minimum Gasteiger partial charge on any atom is -0.491 e. The average molecular weight is 489 g/mol. The van der Waals surface area contributed by atoms with E-state index in [1.165, 1.54) is 0 Å². The molecule has 0 fully saturated rings. The summed E-state index contributed by atoms with van der Waals surface area (Å²) in [6.07, 6.45) is 2.61. The van der Waals surface area contributed by atoms with E-state index in [-0.39, 0.29) is 24.0 Å². The molecular weight excluding hydrogens is 463 g/mol. The first kappa shape index (κ1) is 22.5. The van der Waals surface area contributed by atoms with Gasteiger partial charge in [0.1, 0.15) is 17.5 Å². The second-order valence-electron chi connectivity index (χ2n) is 5.54. The number of aryl methyl sites for hydroxylation is 1. The number of para-hydroxylation sites is 1. The molecule has 1 aromatic heterocycles. The van der Waals surface area contributed by atoms with Crippen molar-refractivity contribution in [1.82, 2.24) is 15.6 Å². The number of nitrogens with zero attached hydrogens (tertiary/aromatic N) is 2. The van der Waals surface area contributed by atoms with Crippen LogP contribution in [0, 0.1) is 6.92 Å². The molecule has 7 heteroatoms. The van der Waals surface area contributed by atoms with Crippen LogP contribution in [0.1, 0.15) is 18.1 Å². The van der Waals surface area contributed by atoms with Crippen LogP contribution < -0.4 is 15.4 Å². The van der Waals surface area contributed by atoms with Crippen molar-refractivity contribution in [3.63, 3.8) is 0 Å². The molecule has 142 valence electrons. The van der Waals surface area contributed by atoms with Gasteiger partial charge in [0.2, 0.25) is 0 Å². The normalized spacial score (nSPS) is 10.8. The van der Waals surface area contributed by atoms with Crippen LogP contribution in [-0.4, -0.2) is 37.2 Å². The third-order valence-electron chi connectivity index (χ3n) is 3.55. The number of pyridine rings is 1. The third-order valence-corrected chi connectivity index (χ3v) is 3.77. The van der Waals surface area contributed by atoms with E-state index in [1.54, 1.807) is 12.3 Å². The minimum absolute atomic E-state index is 0. The molecule has 1 heterocycles. The number of guanidine groups is 1. The molecule has 0 unspecified atom stereocenters. The highest BCUT2D eigenvalue weighted by Gasteiger charge is 2.00. The Morgan fingerprint density at radius 3 is 2.69 bits per heavy atom. The summed E-state index contributed by atoms with van der Waals surface area (Å²) < 4.78 is 5.78. The van der Waals surface area contributed by atoms with Gasteiger partial charge in [-0.2, -0.15) is 0 Å². The number of aliphatic imine (C=N–C) groups is 1. The van der Waals surface area contributed by atoms with Crippen molar-refractivity contribution >= 4 is 41.5 Å². The lowest BCUT2D eigenvalue weighted by atomic mass is 10.2. The first-order chi connectivity index (χ1) is 12.2. The van der Waals surface area contributed by atoms with Crippen LogP contribution in [-0.2, 0) is 6.42 Å². The second kappa shape index (κ2) is 12.8. The lowest BCUT2D eigenvalue weighted by molar-refractivity contribution is 0.320. The summed E-state index contributed by atoms with van der Waals surface area (Å²) in [5, 5.41) is 7.03. The summed E-state index contributed by atoms with van der Waals surface area (Å²) >= 11 is 5.79. The Bertz CT molecular complexity index is 679. The molecule has 26 heavy (non-hydrogen) atoms.